The lowest BCUT2D eigenvalue weighted by atomic mass is 10.7. The molecule has 0 saturated heterocycles. The summed E-state index contributed by atoms with van der Waals surface area (Å²) < 4.78 is 28.4. The molecular formula is C7H7BrN4O2S2. The zero-order valence-electron chi connectivity index (χ0n) is 8.08. The third-order valence-corrected chi connectivity index (χ3v) is 5.19. The molecule has 0 aromatic carbocycles. The molecule has 2 aromatic heterocycles. The summed E-state index contributed by atoms with van der Waals surface area (Å²) in [4.78, 5) is 3.79. The fourth-order valence-electron chi connectivity index (χ4n) is 1.00. The van der Waals surface area contributed by atoms with Crippen LogP contribution in [0.15, 0.2) is 26.5 Å². The highest BCUT2D eigenvalue weighted by atomic mass is 79.9. The summed E-state index contributed by atoms with van der Waals surface area (Å²) in [7, 11) is -1.96. The summed E-state index contributed by atoms with van der Waals surface area (Å²) in [5.41, 5.74) is 0. The average Bonchev–Trinajstić information content (AvgIpc) is 2.77. The van der Waals surface area contributed by atoms with Crippen LogP contribution in [0.5, 0.6) is 0 Å². The van der Waals surface area contributed by atoms with E-state index in [0.717, 1.165) is 15.1 Å². The second kappa shape index (κ2) is 4.15. The van der Waals surface area contributed by atoms with Crippen molar-refractivity contribution < 1.29 is 8.42 Å². The molecule has 0 amide bonds. The van der Waals surface area contributed by atoms with Crippen LogP contribution in [0.25, 0.3) is 0 Å². The van der Waals surface area contributed by atoms with Gasteiger partial charge in [-0.25, -0.2) is 17.8 Å². The lowest BCUT2D eigenvalue weighted by Crippen LogP contribution is -2.14. The minimum Gasteiger partial charge on any atom is -0.247 e. The summed E-state index contributed by atoms with van der Waals surface area (Å²) in [6, 6.07) is 3.20. The van der Waals surface area contributed by atoms with E-state index in [4.69, 9.17) is 0 Å². The van der Waals surface area contributed by atoms with Gasteiger partial charge in [-0.05, 0) is 28.1 Å². The zero-order valence-corrected chi connectivity index (χ0v) is 11.3. The van der Waals surface area contributed by atoms with Gasteiger partial charge in [0.15, 0.2) is 0 Å². The number of anilines is 1. The summed E-state index contributed by atoms with van der Waals surface area (Å²) in [5, 5.41) is 3.77. The standard InChI is InChI=1S/C7H7BrN4O2S2/c1-12-7(9-4-10-12)11-16(13,14)6-3-2-5(8)15-6/h2-4H,1H3,(H,9,10,11). The van der Waals surface area contributed by atoms with E-state index >= 15 is 0 Å². The maximum absolute atomic E-state index is 11.9. The zero-order chi connectivity index (χ0) is 11.8. The molecule has 1 N–H and O–H groups in total. The molecule has 86 valence electrons. The molecule has 0 bridgehead atoms. The van der Waals surface area contributed by atoms with E-state index in [1.54, 1.807) is 13.1 Å². The van der Waals surface area contributed by atoms with Gasteiger partial charge in [0.05, 0.1) is 3.79 Å². The van der Waals surface area contributed by atoms with Gasteiger partial charge in [-0.2, -0.15) is 10.1 Å². The van der Waals surface area contributed by atoms with E-state index in [2.05, 4.69) is 30.7 Å². The molecule has 9 heteroatoms. The van der Waals surface area contributed by atoms with Gasteiger partial charge >= 0.3 is 0 Å². The van der Waals surface area contributed by atoms with E-state index in [9.17, 15) is 8.42 Å². The normalized spacial score (nSPS) is 11.6. The molecule has 16 heavy (non-hydrogen) atoms. The Morgan fingerprint density at radius 3 is 2.75 bits per heavy atom. The van der Waals surface area contributed by atoms with Crippen molar-refractivity contribution in [2.24, 2.45) is 7.05 Å². The van der Waals surface area contributed by atoms with E-state index in [-0.39, 0.29) is 10.2 Å². The second-order valence-corrected chi connectivity index (χ2v) is 7.24. The molecule has 6 nitrogen and oxygen atoms in total. The van der Waals surface area contributed by atoms with Crippen molar-refractivity contribution in [2.45, 2.75) is 4.21 Å². The van der Waals surface area contributed by atoms with Crippen LogP contribution < -0.4 is 4.72 Å². The number of nitrogens with zero attached hydrogens (tertiary/aromatic N) is 3. The fourth-order valence-corrected chi connectivity index (χ4v) is 4.05. The SMILES string of the molecule is Cn1ncnc1NS(=O)(=O)c1ccc(Br)s1. The number of aryl methyl sites for hydroxylation is 1. The number of sulfonamides is 1. The molecule has 0 unspecified atom stereocenters. The first-order valence-corrected chi connectivity index (χ1v) is 7.20. The molecular weight excluding hydrogens is 316 g/mol. The Kier molecular flexibility index (Phi) is 3.00. The van der Waals surface area contributed by atoms with Gasteiger partial charge in [-0.3, -0.25) is 0 Å². The highest BCUT2D eigenvalue weighted by molar-refractivity contribution is 9.11. The first-order chi connectivity index (χ1) is 7.49. The maximum atomic E-state index is 11.9. The van der Waals surface area contributed by atoms with Gasteiger partial charge in [0.1, 0.15) is 10.5 Å². The number of nitrogens with one attached hydrogen (secondary N) is 1. The first kappa shape index (κ1) is 11.6. The van der Waals surface area contributed by atoms with Crippen molar-refractivity contribution in [3.8, 4) is 0 Å². The molecule has 0 aliphatic carbocycles. The van der Waals surface area contributed by atoms with Gasteiger partial charge in [0.2, 0.25) is 5.95 Å². The van der Waals surface area contributed by atoms with Crippen molar-refractivity contribution in [1.29, 1.82) is 0 Å². The van der Waals surface area contributed by atoms with E-state index in [1.165, 1.54) is 17.1 Å². The lowest BCUT2D eigenvalue weighted by Gasteiger charge is -2.03. The molecule has 2 aromatic rings. The summed E-state index contributed by atoms with van der Waals surface area (Å²) in [6.45, 7) is 0. The molecule has 2 heterocycles. The Balaban J connectivity index is 2.31. The van der Waals surface area contributed by atoms with Crippen LogP contribution in [0, 0.1) is 0 Å². The van der Waals surface area contributed by atoms with Crippen LogP contribution in [0.4, 0.5) is 5.95 Å². The van der Waals surface area contributed by atoms with E-state index in [1.807, 2.05) is 0 Å². The quantitative estimate of drug-likeness (QED) is 0.927. The Bertz CT molecular complexity index is 603. The maximum Gasteiger partial charge on any atom is 0.273 e. The number of hydrogen-bond donors (Lipinski definition) is 1. The molecule has 0 atom stereocenters. The van der Waals surface area contributed by atoms with Crippen LogP contribution in [0.3, 0.4) is 0 Å². The predicted octanol–water partition coefficient (Wildman–Crippen LogP) is 1.44. The summed E-state index contributed by atoms with van der Waals surface area (Å²) >= 11 is 4.34. The predicted molar refractivity (Wildman–Crippen MR) is 63.8 cm³/mol. The van der Waals surface area contributed by atoms with Crippen molar-refractivity contribution in [1.82, 2.24) is 14.8 Å². The first-order valence-electron chi connectivity index (χ1n) is 4.11. The third-order valence-electron chi connectivity index (χ3n) is 1.75. The Hall–Kier alpha value is -0.930. The Morgan fingerprint density at radius 1 is 1.50 bits per heavy atom. The van der Waals surface area contributed by atoms with Gasteiger partial charge < -0.3 is 0 Å². The number of thiophene rings is 1. The monoisotopic (exact) mass is 322 g/mol. The van der Waals surface area contributed by atoms with E-state index < -0.39 is 10.0 Å². The van der Waals surface area contributed by atoms with Gasteiger partial charge in [-0.15, -0.1) is 11.3 Å². The van der Waals surface area contributed by atoms with Gasteiger partial charge in [0, 0.05) is 7.05 Å². The number of halogens is 1. The number of rotatable bonds is 3. The Morgan fingerprint density at radius 2 is 2.25 bits per heavy atom. The lowest BCUT2D eigenvalue weighted by molar-refractivity contribution is 0.602. The fraction of sp³-hybridized carbons (Fsp3) is 0.143. The highest BCUT2D eigenvalue weighted by Gasteiger charge is 2.18. The third kappa shape index (κ3) is 2.25. The average molecular weight is 323 g/mol. The van der Waals surface area contributed by atoms with Crippen molar-refractivity contribution in [3.05, 3.63) is 22.2 Å². The van der Waals surface area contributed by atoms with Crippen molar-refractivity contribution >= 4 is 43.2 Å². The largest absolute Gasteiger partial charge is 0.273 e. The van der Waals surface area contributed by atoms with Crippen LogP contribution >= 0.6 is 27.3 Å². The molecule has 0 saturated carbocycles. The molecule has 0 radical (unpaired) electrons. The summed E-state index contributed by atoms with van der Waals surface area (Å²) in [6.07, 6.45) is 1.28. The number of aromatic nitrogens is 3. The van der Waals surface area contributed by atoms with Crippen LogP contribution in [-0.2, 0) is 17.1 Å². The smallest absolute Gasteiger partial charge is 0.247 e. The minimum absolute atomic E-state index is 0.185. The van der Waals surface area contributed by atoms with Crippen LogP contribution in [0.2, 0.25) is 0 Å². The molecule has 0 spiro atoms. The Labute approximate surface area is 104 Å². The number of hydrogen-bond acceptors (Lipinski definition) is 5. The van der Waals surface area contributed by atoms with Gasteiger partial charge in [-0.1, -0.05) is 0 Å². The molecule has 0 aliphatic heterocycles. The second-order valence-electron chi connectivity index (χ2n) is 2.87. The molecule has 2 rings (SSSR count). The topological polar surface area (TPSA) is 76.9 Å². The van der Waals surface area contributed by atoms with Gasteiger partial charge in [0.25, 0.3) is 10.0 Å². The van der Waals surface area contributed by atoms with E-state index in [0.29, 0.717) is 0 Å². The van der Waals surface area contributed by atoms with Crippen molar-refractivity contribution in [3.63, 3.8) is 0 Å². The van der Waals surface area contributed by atoms with Crippen LogP contribution in [0.1, 0.15) is 0 Å². The molecule has 0 aliphatic rings. The minimum atomic E-state index is -3.57. The molecule has 0 fully saturated rings. The summed E-state index contributed by atoms with van der Waals surface area (Å²) in [5.74, 6) is 0.185. The highest BCUT2D eigenvalue weighted by Crippen LogP contribution is 2.26. The van der Waals surface area contributed by atoms with Crippen molar-refractivity contribution in [2.75, 3.05) is 4.72 Å². The van der Waals surface area contributed by atoms with Crippen LogP contribution in [-0.4, -0.2) is 23.2 Å².